The number of nitrogens with one attached hydrogen (secondary N) is 2. The lowest BCUT2D eigenvalue weighted by molar-refractivity contribution is -0.125. The molecule has 0 aliphatic heterocycles. The number of aryl methyl sites for hydroxylation is 1. The maximum absolute atomic E-state index is 12.3. The molecule has 1 saturated carbocycles. The monoisotopic (exact) mass is 381 g/mol. The quantitative estimate of drug-likeness (QED) is 0.686. The number of anilines is 1. The van der Waals surface area contributed by atoms with Crippen LogP contribution >= 0.6 is 11.3 Å². The van der Waals surface area contributed by atoms with E-state index in [4.69, 9.17) is 0 Å². The summed E-state index contributed by atoms with van der Waals surface area (Å²) in [6, 6.07) is 0.224. The van der Waals surface area contributed by atoms with Gasteiger partial charge in [-0.1, -0.05) is 31.1 Å². The van der Waals surface area contributed by atoms with Gasteiger partial charge < -0.3 is 15.5 Å². The maximum atomic E-state index is 12.3. The third kappa shape index (κ3) is 6.99. The molecule has 1 aliphatic rings. The molecule has 1 aromatic heterocycles. The van der Waals surface area contributed by atoms with E-state index in [0.29, 0.717) is 11.0 Å². The second kappa shape index (κ2) is 10.6. The topological polar surface area (TPSA) is 87.2 Å². The SMILES string of the molecule is CCCc1nnc(NC(=O)CCC(=O)NC2CCCCC2CN(C)C)s1. The van der Waals surface area contributed by atoms with Crippen molar-refractivity contribution in [2.45, 2.75) is 64.3 Å². The molecule has 0 spiro atoms. The minimum atomic E-state index is -0.187. The van der Waals surface area contributed by atoms with E-state index >= 15 is 0 Å². The van der Waals surface area contributed by atoms with Gasteiger partial charge in [-0.25, -0.2) is 0 Å². The van der Waals surface area contributed by atoms with E-state index in [-0.39, 0.29) is 30.7 Å². The van der Waals surface area contributed by atoms with Gasteiger partial charge in [0.05, 0.1) is 0 Å². The van der Waals surface area contributed by atoms with Crippen molar-refractivity contribution in [3.05, 3.63) is 5.01 Å². The number of hydrogen-bond donors (Lipinski definition) is 2. The molecular weight excluding hydrogens is 350 g/mol. The summed E-state index contributed by atoms with van der Waals surface area (Å²) >= 11 is 1.40. The molecule has 8 heteroatoms. The van der Waals surface area contributed by atoms with Crippen molar-refractivity contribution < 1.29 is 9.59 Å². The Labute approximate surface area is 159 Å². The summed E-state index contributed by atoms with van der Waals surface area (Å²) in [7, 11) is 4.13. The highest BCUT2D eigenvalue weighted by molar-refractivity contribution is 7.15. The fourth-order valence-electron chi connectivity index (χ4n) is 3.39. The van der Waals surface area contributed by atoms with E-state index < -0.39 is 0 Å². The number of aromatic nitrogens is 2. The number of rotatable bonds is 9. The van der Waals surface area contributed by atoms with Crippen LogP contribution in [-0.2, 0) is 16.0 Å². The van der Waals surface area contributed by atoms with Gasteiger partial charge in [0.1, 0.15) is 5.01 Å². The number of carbonyl (C=O) groups is 2. The Bertz CT molecular complexity index is 590. The minimum absolute atomic E-state index is 0.0419. The number of nitrogens with zero attached hydrogens (tertiary/aromatic N) is 3. The van der Waals surface area contributed by atoms with E-state index in [9.17, 15) is 9.59 Å². The first-order chi connectivity index (χ1) is 12.5. The van der Waals surface area contributed by atoms with Gasteiger partial charge in [-0.05, 0) is 39.3 Å². The smallest absolute Gasteiger partial charge is 0.226 e. The molecule has 7 nitrogen and oxygen atoms in total. The predicted octanol–water partition coefficient (Wildman–Crippen LogP) is 2.45. The molecule has 0 saturated heterocycles. The fraction of sp³-hybridized carbons (Fsp3) is 0.778. The van der Waals surface area contributed by atoms with Gasteiger partial charge in [0, 0.05) is 31.8 Å². The van der Waals surface area contributed by atoms with Crippen LogP contribution in [0, 0.1) is 5.92 Å². The Morgan fingerprint density at radius 1 is 1.15 bits per heavy atom. The first kappa shape index (κ1) is 20.8. The van der Waals surface area contributed by atoms with Gasteiger partial charge >= 0.3 is 0 Å². The van der Waals surface area contributed by atoms with Crippen molar-refractivity contribution >= 4 is 28.3 Å². The molecular formula is C18H31N5O2S. The zero-order valence-electron chi connectivity index (χ0n) is 16.1. The summed E-state index contributed by atoms with van der Waals surface area (Å²) in [5, 5.41) is 15.3. The summed E-state index contributed by atoms with van der Waals surface area (Å²) in [6.07, 6.45) is 6.81. The van der Waals surface area contributed by atoms with Crippen LogP contribution in [0.5, 0.6) is 0 Å². The standard InChI is InChI=1S/C18H31N5O2S/c1-4-7-17-21-22-18(26-17)20-16(25)11-10-15(24)19-14-9-6-5-8-13(14)12-23(2)3/h13-14H,4-12H2,1-3H3,(H,19,24)(H,20,22,25). The Morgan fingerprint density at radius 3 is 2.62 bits per heavy atom. The molecule has 2 atom stereocenters. The summed E-state index contributed by atoms with van der Waals surface area (Å²) in [4.78, 5) is 26.5. The predicted molar refractivity (Wildman–Crippen MR) is 104 cm³/mol. The summed E-state index contributed by atoms with van der Waals surface area (Å²) in [6.45, 7) is 3.07. The molecule has 146 valence electrons. The fourth-order valence-corrected chi connectivity index (χ4v) is 4.25. The highest BCUT2D eigenvalue weighted by Crippen LogP contribution is 2.25. The van der Waals surface area contributed by atoms with Crippen LogP contribution in [0.15, 0.2) is 0 Å². The Balaban J connectivity index is 1.73. The van der Waals surface area contributed by atoms with Crippen molar-refractivity contribution in [2.75, 3.05) is 26.0 Å². The Hall–Kier alpha value is -1.54. The molecule has 1 heterocycles. The molecule has 1 aromatic rings. The lowest BCUT2D eigenvalue weighted by Gasteiger charge is -2.34. The van der Waals surface area contributed by atoms with E-state index in [1.54, 1.807) is 0 Å². The number of carbonyl (C=O) groups excluding carboxylic acids is 2. The van der Waals surface area contributed by atoms with Gasteiger partial charge in [-0.2, -0.15) is 0 Å². The molecule has 1 fully saturated rings. The molecule has 2 N–H and O–H groups in total. The average Bonchev–Trinajstić information content (AvgIpc) is 3.02. The minimum Gasteiger partial charge on any atom is -0.353 e. The van der Waals surface area contributed by atoms with E-state index in [2.05, 4.69) is 46.7 Å². The molecule has 0 aromatic carbocycles. The number of hydrogen-bond acceptors (Lipinski definition) is 6. The largest absolute Gasteiger partial charge is 0.353 e. The second-order valence-electron chi connectivity index (χ2n) is 7.28. The summed E-state index contributed by atoms with van der Waals surface area (Å²) < 4.78 is 0. The van der Waals surface area contributed by atoms with Crippen LogP contribution in [0.1, 0.15) is 56.9 Å². The van der Waals surface area contributed by atoms with Crippen LogP contribution in [0.3, 0.4) is 0 Å². The van der Waals surface area contributed by atoms with Crippen molar-refractivity contribution in [2.24, 2.45) is 5.92 Å². The van der Waals surface area contributed by atoms with Crippen LogP contribution in [0.2, 0.25) is 0 Å². The van der Waals surface area contributed by atoms with Gasteiger partial charge in [-0.3, -0.25) is 9.59 Å². The molecule has 2 rings (SSSR count). The molecule has 26 heavy (non-hydrogen) atoms. The molecule has 2 amide bonds. The van der Waals surface area contributed by atoms with Crippen LogP contribution in [0.25, 0.3) is 0 Å². The molecule has 0 bridgehead atoms. The summed E-state index contributed by atoms with van der Waals surface area (Å²) in [5.41, 5.74) is 0. The van der Waals surface area contributed by atoms with Crippen LogP contribution in [0.4, 0.5) is 5.13 Å². The van der Waals surface area contributed by atoms with Crippen molar-refractivity contribution in [3.8, 4) is 0 Å². The first-order valence-electron chi connectivity index (χ1n) is 9.54. The lowest BCUT2D eigenvalue weighted by atomic mass is 9.84. The summed E-state index contributed by atoms with van der Waals surface area (Å²) in [5.74, 6) is 0.266. The van der Waals surface area contributed by atoms with Crippen LogP contribution < -0.4 is 10.6 Å². The Kier molecular flexibility index (Phi) is 8.44. The van der Waals surface area contributed by atoms with Crippen molar-refractivity contribution in [1.29, 1.82) is 0 Å². The van der Waals surface area contributed by atoms with Gasteiger partial charge in [0.15, 0.2) is 0 Å². The zero-order valence-corrected chi connectivity index (χ0v) is 16.9. The highest BCUT2D eigenvalue weighted by atomic mass is 32.1. The third-order valence-corrected chi connectivity index (χ3v) is 5.51. The normalized spacial score (nSPS) is 20.2. The van der Waals surface area contributed by atoms with Gasteiger partial charge in [0.2, 0.25) is 16.9 Å². The zero-order chi connectivity index (χ0) is 18.9. The third-order valence-electron chi connectivity index (χ3n) is 4.61. The molecule has 0 radical (unpaired) electrons. The van der Waals surface area contributed by atoms with Gasteiger partial charge in [-0.15, -0.1) is 10.2 Å². The molecule has 1 aliphatic carbocycles. The first-order valence-corrected chi connectivity index (χ1v) is 10.4. The van der Waals surface area contributed by atoms with Crippen molar-refractivity contribution in [3.63, 3.8) is 0 Å². The van der Waals surface area contributed by atoms with Gasteiger partial charge in [0.25, 0.3) is 0 Å². The lowest BCUT2D eigenvalue weighted by Crippen LogP contribution is -2.45. The maximum Gasteiger partial charge on any atom is 0.226 e. The number of amides is 2. The van der Waals surface area contributed by atoms with Crippen molar-refractivity contribution in [1.82, 2.24) is 20.4 Å². The second-order valence-corrected chi connectivity index (χ2v) is 8.34. The average molecular weight is 382 g/mol. The highest BCUT2D eigenvalue weighted by Gasteiger charge is 2.26. The van der Waals surface area contributed by atoms with Crippen LogP contribution in [-0.4, -0.2) is 53.6 Å². The van der Waals surface area contributed by atoms with E-state index in [1.165, 1.54) is 17.8 Å². The Morgan fingerprint density at radius 2 is 1.88 bits per heavy atom. The van der Waals surface area contributed by atoms with E-state index in [0.717, 1.165) is 43.7 Å². The van der Waals surface area contributed by atoms with E-state index in [1.807, 2.05) is 0 Å². The molecule has 2 unspecified atom stereocenters.